The van der Waals surface area contributed by atoms with E-state index in [1.807, 2.05) is 24.4 Å². The topological polar surface area (TPSA) is 110 Å². The van der Waals surface area contributed by atoms with Crippen molar-refractivity contribution in [2.75, 3.05) is 7.11 Å². The van der Waals surface area contributed by atoms with Crippen molar-refractivity contribution in [2.45, 2.75) is 52.1 Å². The average Bonchev–Trinajstić information content (AvgIpc) is 3.50. The fourth-order valence-electron chi connectivity index (χ4n) is 4.41. The Kier molecular flexibility index (Phi) is 6.57. The van der Waals surface area contributed by atoms with Crippen LogP contribution in [0.2, 0.25) is 0 Å². The van der Waals surface area contributed by atoms with Gasteiger partial charge in [-0.3, -0.25) is 4.79 Å². The molecule has 0 aliphatic heterocycles. The SMILES string of the molecule is COc1ccc(F)c(CNC(=O)c2cn(Cc3cn4cc(C5CC5)cc(CC(C)(C)C#N)c4n3)nn2)c1F. The summed E-state index contributed by atoms with van der Waals surface area (Å²) >= 11 is 0. The van der Waals surface area contributed by atoms with Gasteiger partial charge < -0.3 is 14.5 Å². The highest BCUT2D eigenvalue weighted by Gasteiger charge is 2.27. The van der Waals surface area contributed by atoms with Crippen LogP contribution in [0.25, 0.3) is 5.65 Å². The normalized spacial score (nSPS) is 13.5. The number of imidazole rings is 1. The number of amides is 1. The Hall–Kier alpha value is -4.33. The minimum Gasteiger partial charge on any atom is -0.494 e. The number of nitrogens with one attached hydrogen (secondary N) is 1. The Morgan fingerprint density at radius 3 is 2.76 bits per heavy atom. The molecule has 196 valence electrons. The number of hydrogen-bond acceptors (Lipinski definition) is 6. The van der Waals surface area contributed by atoms with E-state index in [1.165, 1.54) is 29.6 Å². The summed E-state index contributed by atoms with van der Waals surface area (Å²) in [4.78, 5) is 17.3. The summed E-state index contributed by atoms with van der Waals surface area (Å²) in [7, 11) is 1.28. The summed E-state index contributed by atoms with van der Waals surface area (Å²) in [5.74, 6) is -1.85. The smallest absolute Gasteiger partial charge is 0.273 e. The molecule has 11 heteroatoms. The fraction of sp³-hybridized carbons (Fsp3) is 0.370. The molecule has 3 heterocycles. The number of carbonyl (C=O) groups excluding carboxylic acids is 1. The Bertz CT molecular complexity index is 1560. The van der Waals surface area contributed by atoms with Gasteiger partial charge in [0, 0.05) is 24.5 Å². The van der Waals surface area contributed by atoms with Crippen molar-refractivity contribution in [3.05, 3.63) is 76.5 Å². The number of benzene rings is 1. The quantitative estimate of drug-likeness (QED) is 0.356. The first-order valence-electron chi connectivity index (χ1n) is 12.3. The van der Waals surface area contributed by atoms with Crippen LogP contribution in [0.5, 0.6) is 5.75 Å². The van der Waals surface area contributed by atoms with Gasteiger partial charge in [0.05, 0.1) is 37.0 Å². The molecule has 0 saturated heterocycles. The molecule has 0 unspecified atom stereocenters. The van der Waals surface area contributed by atoms with Crippen molar-refractivity contribution in [3.63, 3.8) is 0 Å². The number of carbonyl (C=O) groups is 1. The second-order valence-corrected chi connectivity index (χ2v) is 10.2. The molecule has 1 aromatic carbocycles. The zero-order chi connectivity index (χ0) is 27.0. The van der Waals surface area contributed by atoms with Crippen LogP contribution in [0.3, 0.4) is 0 Å². The summed E-state index contributed by atoms with van der Waals surface area (Å²) in [6.07, 6.45) is 8.35. The van der Waals surface area contributed by atoms with Gasteiger partial charge in [-0.2, -0.15) is 5.26 Å². The Morgan fingerprint density at radius 2 is 2.05 bits per heavy atom. The molecule has 0 radical (unpaired) electrons. The van der Waals surface area contributed by atoms with Gasteiger partial charge in [-0.25, -0.2) is 18.4 Å². The van der Waals surface area contributed by atoms with Gasteiger partial charge in [0.15, 0.2) is 17.3 Å². The zero-order valence-corrected chi connectivity index (χ0v) is 21.3. The van der Waals surface area contributed by atoms with Crippen LogP contribution in [0, 0.1) is 28.4 Å². The molecule has 0 spiro atoms. The van der Waals surface area contributed by atoms with Crippen LogP contribution < -0.4 is 10.1 Å². The number of pyridine rings is 1. The molecule has 1 aliphatic rings. The number of nitrogens with zero attached hydrogens (tertiary/aromatic N) is 6. The molecule has 1 N–H and O–H groups in total. The molecule has 1 saturated carbocycles. The van der Waals surface area contributed by atoms with Crippen LogP contribution >= 0.6 is 0 Å². The maximum atomic E-state index is 14.4. The summed E-state index contributed by atoms with van der Waals surface area (Å²) in [6.45, 7) is 3.71. The van der Waals surface area contributed by atoms with E-state index in [-0.39, 0.29) is 30.1 Å². The minimum absolute atomic E-state index is 0.00459. The number of hydrogen-bond donors (Lipinski definition) is 1. The van der Waals surface area contributed by atoms with E-state index >= 15 is 0 Å². The first kappa shape index (κ1) is 25.3. The minimum atomic E-state index is -0.870. The predicted molar refractivity (Wildman–Crippen MR) is 133 cm³/mol. The highest BCUT2D eigenvalue weighted by molar-refractivity contribution is 5.91. The van der Waals surface area contributed by atoms with Crippen molar-refractivity contribution in [2.24, 2.45) is 5.41 Å². The van der Waals surface area contributed by atoms with E-state index < -0.39 is 23.0 Å². The van der Waals surface area contributed by atoms with Crippen molar-refractivity contribution in [3.8, 4) is 11.8 Å². The Labute approximate surface area is 218 Å². The first-order valence-corrected chi connectivity index (χ1v) is 12.3. The molecule has 0 atom stereocenters. The lowest BCUT2D eigenvalue weighted by Gasteiger charge is -2.16. The number of ether oxygens (including phenoxy) is 1. The molecular weight excluding hydrogens is 492 g/mol. The molecule has 1 aliphatic carbocycles. The number of nitriles is 1. The lowest BCUT2D eigenvalue weighted by atomic mass is 9.87. The largest absolute Gasteiger partial charge is 0.494 e. The Balaban J connectivity index is 1.32. The third-order valence-electron chi connectivity index (χ3n) is 6.57. The molecule has 3 aromatic heterocycles. The monoisotopic (exact) mass is 519 g/mol. The van der Waals surface area contributed by atoms with E-state index in [0.717, 1.165) is 30.1 Å². The molecule has 0 bridgehead atoms. The summed E-state index contributed by atoms with van der Waals surface area (Å²) in [6, 6.07) is 6.79. The van der Waals surface area contributed by atoms with Crippen LogP contribution in [0.15, 0.2) is 36.8 Å². The Morgan fingerprint density at radius 1 is 1.26 bits per heavy atom. The molecule has 5 rings (SSSR count). The molecule has 1 amide bonds. The highest BCUT2D eigenvalue weighted by atomic mass is 19.1. The summed E-state index contributed by atoms with van der Waals surface area (Å²) in [5.41, 5.74) is 2.93. The van der Waals surface area contributed by atoms with E-state index in [2.05, 4.69) is 34.0 Å². The van der Waals surface area contributed by atoms with E-state index in [4.69, 9.17) is 9.72 Å². The van der Waals surface area contributed by atoms with Gasteiger partial charge in [0.1, 0.15) is 11.5 Å². The van der Waals surface area contributed by atoms with Crippen LogP contribution in [0.4, 0.5) is 8.78 Å². The molecule has 9 nitrogen and oxygen atoms in total. The maximum Gasteiger partial charge on any atom is 0.273 e. The van der Waals surface area contributed by atoms with Crippen LogP contribution in [-0.4, -0.2) is 37.4 Å². The van der Waals surface area contributed by atoms with Crippen LogP contribution in [0.1, 0.15) is 65.5 Å². The zero-order valence-electron chi connectivity index (χ0n) is 21.3. The lowest BCUT2D eigenvalue weighted by Crippen LogP contribution is -2.24. The molecule has 4 aromatic rings. The van der Waals surface area contributed by atoms with E-state index in [1.54, 1.807) is 0 Å². The maximum absolute atomic E-state index is 14.4. The number of aromatic nitrogens is 5. The van der Waals surface area contributed by atoms with Gasteiger partial charge in [-0.15, -0.1) is 5.10 Å². The fourth-order valence-corrected chi connectivity index (χ4v) is 4.41. The number of methoxy groups -OCH3 is 1. The number of halogens is 2. The molecule has 1 fully saturated rings. The van der Waals surface area contributed by atoms with Crippen LogP contribution in [-0.2, 0) is 19.5 Å². The molecular formula is C27H27F2N7O2. The standard InChI is InChI=1S/C27H27F2N7O2/c1-27(2,15-30)9-17-8-18(16-4-5-16)11-35-12-19(32-25(17)35)13-36-14-22(33-34-36)26(37)31-10-20-21(28)6-7-23(38-3)24(20)29/h6-8,11-12,14,16H,4-5,9-10,13H2,1-3H3,(H,31,37). The van der Waals surface area contributed by atoms with Gasteiger partial charge >= 0.3 is 0 Å². The highest BCUT2D eigenvalue weighted by Crippen LogP contribution is 2.41. The van der Waals surface area contributed by atoms with E-state index in [9.17, 15) is 18.8 Å². The molecule has 38 heavy (non-hydrogen) atoms. The third kappa shape index (κ3) is 5.20. The van der Waals surface area contributed by atoms with Gasteiger partial charge in [-0.1, -0.05) is 11.3 Å². The number of fused-ring (bicyclic) bond motifs is 1. The van der Waals surface area contributed by atoms with Crippen molar-refractivity contribution in [1.82, 2.24) is 29.7 Å². The van der Waals surface area contributed by atoms with Gasteiger partial charge in [0.25, 0.3) is 5.91 Å². The van der Waals surface area contributed by atoms with Gasteiger partial charge in [-0.05, 0) is 62.3 Å². The second-order valence-electron chi connectivity index (χ2n) is 10.2. The van der Waals surface area contributed by atoms with Crippen molar-refractivity contribution in [1.29, 1.82) is 5.26 Å². The average molecular weight is 520 g/mol. The lowest BCUT2D eigenvalue weighted by molar-refractivity contribution is 0.0945. The van der Waals surface area contributed by atoms with Crippen molar-refractivity contribution < 1.29 is 18.3 Å². The first-order chi connectivity index (χ1) is 18.2. The summed E-state index contributed by atoms with van der Waals surface area (Å²) in [5, 5.41) is 19.9. The second kappa shape index (κ2) is 9.85. The predicted octanol–water partition coefficient (Wildman–Crippen LogP) is 4.16. The van der Waals surface area contributed by atoms with E-state index in [0.29, 0.717) is 18.0 Å². The third-order valence-corrected chi connectivity index (χ3v) is 6.57. The van der Waals surface area contributed by atoms with Gasteiger partial charge in [0.2, 0.25) is 0 Å². The number of rotatable bonds is 9. The van der Waals surface area contributed by atoms with Crippen molar-refractivity contribution >= 4 is 11.6 Å². The summed E-state index contributed by atoms with van der Waals surface area (Å²) < 4.78 is 36.8.